The van der Waals surface area contributed by atoms with Crippen LogP contribution in [0.3, 0.4) is 0 Å². The third-order valence-corrected chi connectivity index (χ3v) is 5.37. The highest BCUT2D eigenvalue weighted by Crippen LogP contribution is 2.31. The Morgan fingerprint density at radius 1 is 0.923 bits per heavy atom. The number of hydrogen-bond donors (Lipinski definition) is 3. The second kappa shape index (κ2) is 7.72. The minimum atomic E-state index is -4.32. The fraction of sp³-hybridized carbons (Fsp3) is 0.667. The highest BCUT2D eigenvalue weighted by molar-refractivity contribution is 5.48. The van der Waals surface area contributed by atoms with Gasteiger partial charge < -0.3 is 20.2 Å². The van der Waals surface area contributed by atoms with Crippen LogP contribution in [0.5, 0.6) is 0 Å². The summed E-state index contributed by atoms with van der Waals surface area (Å²) >= 11 is 0. The molecule has 0 aromatic heterocycles. The van der Waals surface area contributed by atoms with E-state index in [2.05, 4.69) is 4.90 Å². The van der Waals surface area contributed by atoms with Crippen molar-refractivity contribution in [3.05, 3.63) is 29.8 Å². The van der Waals surface area contributed by atoms with Gasteiger partial charge in [-0.3, -0.25) is 4.90 Å². The van der Waals surface area contributed by atoms with Crippen molar-refractivity contribution in [2.45, 2.75) is 37.3 Å². The first-order valence-electron chi connectivity index (χ1n) is 8.93. The molecule has 2 aliphatic rings. The van der Waals surface area contributed by atoms with Crippen molar-refractivity contribution in [1.29, 1.82) is 0 Å². The van der Waals surface area contributed by atoms with Gasteiger partial charge in [-0.05, 0) is 43.0 Å². The van der Waals surface area contributed by atoms with E-state index in [0.29, 0.717) is 19.0 Å². The first-order valence-corrected chi connectivity index (χ1v) is 8.93. The maximum absolute atomic E-state index is 12.6. The van der Waals surface area contributed by atoms with Gasteiger partial charge in [0.1, 0.15) is 6.10 Å². The van der Waals surface area contributed by atoms with Crippen molar-refractivity contribution in [2.24, 2.45) is 5.92 Å². The molecule has 0 spiro atoms. The van der Waals surface area contributed by atoms with Gasteiger partial charge in [-0.15, -0.1) is 0 Å². The topological polar surface area (TPSA) is 67.2 Å². The maximum atomic E-state index is 12.6. The van der Waals surface area contributed by atoms with Gasteiger partial charge in [-0.25, -0.2) is 0 Å². The lowest BCUT2D eigenvalue weighted by Crippen LogP contribution is -2.56. The molecule has 2 fully saturated rings. The predicted molar refractivity (Wildman–Crippen MR) is 90.8 cm³/mol. The molecule has 8 heteroatoms. The average molecular weight is 374 g/mol. The second-order valence-corrected chi connectivity index (χ2v) is 7.32. The van der Waals surface area contributed by atoms with E-state index in [1.165, 1.54) is 12.1 Å². The second-order valence-electron chi connectivity index (χ2n) is 7.32. The molecule has 2 heterocycles. The first kappa shape index (κ1) is 19.4. The fourth-order valence-electron chi connectivity index (χ4n) is 3.83. The van der Waals surface area contributed by atoms with Crippen LogP contribution in [0, 0.1) is 5.92 Å². The quantitative estimate of drug-likeness (QED) is 0.745. The Kier molecular flexibility index (Phi) is 5.76. The first-order chi connectivity index (χ1) is 12.2. The van der Waals surface area contributed by atoms with Gasteiger partial charge in [0.2, 0.25) is 0 Å². The number of likely N-dealkylation sites (tertiary alicyclic amines) is 1. The van der Waals surface area contributed by atoms with E-state index in [9.17, 15) is 28.5 Å². The zero-order valence-corrected chi connectivity index (χ0v) is 14.4. The third-order valence-electron chi connectivity index (χ3n) is 5.37. The Hall–Kier alpha value is -1.35. The fourth-order valence-corrected chi connectivity index (χ4v) is 3.83. The number of hydrogen-bond acceptors (Lipinski definition) is 5. The molecule has 0 saturated carbocycles. The monoisotopic (exact) mass is 374 g/mol. The minimum absolute atomic E-state index is 0.345. The summed E-state index contributed by atoms with van der Waals surface area (Å²) in [5, 5.41) is 29.2. The van der Waals surface area contributed by atoms with Crippen LogP contribution in [0.1, 0.15) is 18.4 Å². The van der Waals surface area contributed by atoms with Crippen LogP contribution in [0.15, 0.2) is 24.3 Å². The van der Waals surface area contributed by atoms with Crippen LogP contribution in [-0.2, 0) is 6.18 Å². The van der Waals surface area contributed by atoms with Crippen molar-refractivity contribution in [1.82, 2.24) is 4.90 Å². The summed E-state index contributed by atoms with van der Waals surface area (Å²) in [7, 11) is 0. The summed E-state index contributed by atoms with van der Waals surface area (Å²) in [5.41, 5.74) is 0.156. The molecule has 0 bridgehead atoms. The zero-order valence-electron chi connectivity index (χ0n) is 14.4. The Morgan fingerprint density at radius 2 is 1.46 bits per heavy atom. The molecule has 2 aliphatic heterocycles. The van der Waals surface area contributed by atoms with Crippen LogP contribution >= 0.6 is 0 Å². The van der Waals surface area contributed by atoms with Gasteiger partial charge in [0.05, 0.1) is 17.8 Å². The SMILES string of the molecule is O[C@H]1[C@H](O)CN(CC2CCN(c3ccc(C(F)(F)F)cc3)CC2)C[C@@H]1O. The Bertz CT molecular complexity index is 576. The number of benzene rings is 1. The molecule has 1 aromatic rings. The van der Waals surface area contributed by atoms with Gasteiger partial charge in [-0.2, -0.15) is 13.2 Å². The number of nitrogens with zero attached hydrogens (tertiary/aromatic N) is 2. The molecule has 0 amide bonds. The minimum Gasteiger partial charge on any atom is -0.389 e. The smallest absolute Gasteiger partial charge is 0.389 e. The highest BCUT2D eigenvalue weighted by atomic mass is 19.4. The molecular weight excluding hydrogens is 349 g/mol. The molecule has 0 aliphatic carbocycles. The Morgan fingerprint density at radius 3 is 1.96 bits per heavy atom. The molecular formula is C18H25F3N2O3. The lowest BCUT2D eigenvalue weighted by atomic mass is 9.93. The number of piperidine rings is 2. The van der Waals surface area contributed by atoms with Gasteiger partial charge in [-0.1, -0.05) is 0 Å². The van der Waals surface area contributed by atoms with Crippen molar-refractivity contribution in [3.63, 3.8) is 0 Å². The van der Waals surface area contributed by atoms with Crippen molar-refractivity contribution < 1.29 is 28.5 Å². The van der Waals surface area contributed by atoms with E-state index in [1.54, 1.807) is 0 Å². The predicted octanol–water partition coefficient (Wildman–Crippen LogP) is 1.32. The van der Waals surface area contributed by atoms with Crippen molar-refractivity contribution >= 4 is 5.69 Å². The standard InChI is InChI=1S/C18H25F3N2O3/c19-18(20,21)13-1-3-14(4-2-13)23-7-5-12(6-8-23)9-22-10-15(24)17(26)16(25)11-22/h1-4,12,15-17,24-26H,5-11H2/t15-,16+,17+. The zero-order chi connectivity index (χ0) is 18.9. The molecule has 146 valence electrons. The van der Waals surface area contributed by atoms with E-state index < -0.39 is 30.1 Å². The van der Waals surface area contributed by atoms with Gasteiger partial charge >= 0.3 is 6.18 Å². The number of anilines is 1. The van der Waals surface area contributed by atoms with Crippen LogP contribution in [-0.4, -0.2) is 71.3 Å². The van der Waals surface area contributed by atoms with Gasteiger partial charge in [0.15, 0.2) is 0 Å². The Labute approximate surface area is 150 Å². The number of aliphatic hydroxyl groups is 3. The van der Waals surface area contributed by atoms with Crippen molar-refractivity contribution in [3.8, 4) is 0 Å². The van der Waals surface area contributed by atoms with Gasteiger partial charge in [0.25, 0.3) is 0 Å². The summed E-state index contributed by atoms with van der Waals surface area (Å²) in [6, 6.07) is 5.26. The van der Waals surface area contributed by atoms with E-state index >= 15 is 0 Å². The average Bonchev–Trinajstić information content (AvgIpc) is 2.60. The van der Waals surface area contributed by atoms with E-state index in [-0.39, 0.29) is 0 Å². The van der Waals surface area contributed by atoms with Crippen LogP contribution in [0.25, 0.3) is 0 Å². The number of rotatable bonds is 3. The van der Waals surface area contributed by atoms with Crippen molar-refractivity contribution in [2.75, 3.05) is 37.6 Å². The lowest BCUT2D eigenvalue weighted by Gasteiger charge is -2.40. The Balaban J connectivity index is 1.50. The number of halogens is 3. The third kappa shape index (κ3) is 4.49. The summed E-state index contributed by atoms with van der Waals surface area (Å²) in [6.45, 7) is 2.95. The molecule has 2 saturated heterocycles. The normalized spacial score (nSPS) is 29.2. The highest BCUT2D eigenvalue weighted by Gasteiger charge is 2.34. The van der Waals surface area contributed by atoms with E-state index in [4.69, 9.17) is 0 Å². The molecule has 1 aromatic carbocycles. The number of β-amino-alcohol motifs (C(OH)–C–C–N with tert-alkyl or cyclic N) is 2. The lowest BCUT2D eigenvalue weighted by molar-refractivity contribution is -0.137. The van der Waals surface area contributed by atoms with Crippen LogP contribution in [0.2, 0.25) is 0 Å². The van der Waals surface area contributed by atoms with Crippen LogP contribution < -0.4 is 4.90 Å². The summed E-state index contributed by atoms with van der Waals surface area (Å²) in [6.07, 6.45) is -5.49. The maximum Gasteiger partial charge on any atom is 0.416 e. The molecule has 3 atom stereocenters. The number of aliphatic hydroxyl groups excluding tert-OH is 3. The molecule has 0 unspecified atom stereocenters. The largest absolute Gasteiger partial charge is 0.416 e. The molecule has 3 N–H and O–H groups in total. The van der Waals surface area contributed by atoms with Crippen LogP contribution in [0.4, 0.5) is 18.9 Å². The van der Waals surface area contributed by atoms with E-state index in [1.807, 2.05) is 4.90 Å². The summed E-state index contributed by atoms with van der Waals surface area (Å²) in [5.74, 6) is 0.398. The molecule has 26 heavy (non-hydrogen) atoms. The molecule has 5 nitrogen and oxygen atoms in total. The number of alkyl halides is 3. The summed E-state index contributed by atoms with van der Waals surface area (Å²) in [4.78, 5) is 4.06. The summed E-state index contributed by atoms with van der Waals surface area (Å²) < 4.78 is 37.9. The molecule has 0 radical (unpaired) electrons. The van der Waals surface area contributed by atoms with Gasteiger partial charge in [0, 0.05) is 38.4 Å². The molecule has 3 rings (SSSR count). The van der Waals surface area contributed by atoms with E-state index in [0.717, 1.165) is 50.3 Å².